The van der Waals surface area contributed by atoms with Gasteiger partial charge in [-0.25, -0.2) is 4.79 Å². The second-order valence-corrected chi connectivity index (χ2v) is 7.90. The van der Waals surface area contributed by atoms with E-state index in [2.05, 4.69) is 22.5 Å². The Balaban J connectivity index is 1.83. The highest BCUT2D eigenvalue weighted by Crippen LogP contribution is 2.32. The predicted molar refractivity (Wildman–Crippen MR) is 97.3 cm³/mol. The molecule has 138 valence electrons. The van der Waals surface area contributed by atoms with Crippen molar-refractivity contribution in [2.45, 2.75) is 71.4 Å². The summed E-state index contributed by atoms with van der Waals surface area (Å²) in [6.07, 6.45) is 5.74. The van der Waals surface area contributed by atoms with Crippen LogP contribution in [0.3, 0.4) is 0 Å². The van der Waals surface area contributed by atoms with Crippen LogP contribution in [0.1, 0.15) is 59.8 Å². The van der Waals surface area contributed by atoms with Gasteiger partial charge < -0.3 is 20.3 Å². The van der Waals surface area contributed by atoms with Crippen molar-refractivity contribution >= 4 is 12.1 Å². The molecule has 1 heterocycles. The molecule has 1 aliphatic carbocycles. The van der Waals surface area contributed by atoms with Crippen LogP contribution in [0.4, 0.5) is 4.79 Å². The Morgan fingerprint density at radius 1 is 1.29 bits per heavy atom. The largest absolute Gasteiger partial charge is 0.444 e. The van der Waals surface area contributed by atoms with Crippen molar-refractivity contribution in [3.05, 3.63) is 0 Å². The second kappa shape index (κ2) is 8.58. The SMILES string of the molecule is CCNC(=NCCC1CC1)NC1CCCN(C(=O)OC(C)(C)C)C1. The van der Waals surface area contributed by atoms with Gasteiger partial charge in [0.05, 0.1) is 0 Å². The van der Waals surface area contributed by atoms with Crippen LogP contribution in [0.5, 0.6) is 0 Å². The minimum Gasteiger partial charge on any atom is -0.444 e. The van der Waals surface area contributed by atoms with Gasteiger partial charge in [-0.15, -0.1) is 0 Å². The molecule has 0 aromatic carbocycles. The molecule has 0 aromatic heterocycles. The van der Waals surface area contributed by atoms with Gasteiger partial charge in [-0.05, 0) is 52.9 Å². The molecule has 6 nitrogen and oxygen atoms in total. The van der Waals surface area contributed by atoms with E-state index in [1.165, 1.54) is 19.3 Å². The molecule has 0 bridgehead atoms. The Hall–Kier alpha value is -1.46. The first-order chi connectivity index (χ1) is 11.4. The van der Waals surface area contributed by atoms with Crippen LogP contribution >= 0.6 is 0 Å². The van der Waals surface area contributed by atoms with Gasteiger partial charge in [0.2, 0.25) is 0 Å². The van der Waals surface area contributed by atoms with Crippen molar-refractivity contribution in [2.24, 2.45) is 10.9 Å². The summed E-state index contributed by atoms with van der Waals surface area (Å²) in [5, 5.41) is 6.80. The highest BCUT2D eigenvalue weighted by Gasteiger charge is 2.28. The lowest BCUT2D eigenvalue weighted by Gasteiger charge is -2.35. The van der Waals surface area contributed by atoms with E-state index in [0.717, 1.165) is 44.4 Å². The van der Waals surface area contributed by atoms with Gasteiger partial charge in [-0.3, -0.25) is 4.99 Å². The zero-order valence-electron chi connectivity index (χ0n) is 15.7. The average molecular weight is 338 g/mol. The number of guanidine groups is 1. The lowest BCUT2D eigenvalue weighted by Crippen LogP contribution is -2.53. The van der Waals surface area contributed by atoms with E-state index in [0.29, 0.717) is 6.54 Å². The van der Waals surface area contributed by atoms with Gasteiger partial charge in [0.15, 0.2) is 5.96 Å². The first kappa shape index (κ1) is 18.9. The molecule has 1 atom stereocenters. The van der Waals surface area contributed by atoms with Crippen molar-refractivity contribution in [3.8, 4) is 0 Å². The van der Waals surface area contributed by atoms with Gasteiger partial charge in [0, 0.05) is 32.2 Å². The Morgan fingerprint density at radius 3 is 2.67 bits per heavy atom. The van der Waals surface area contributed by atoms with Crippen LogP contribution in [0.15, 0.2) is 4.99 Å². The van der Waals surface area contributed by atoms with Gasteiger partial charge in [-0.1, -0.05) is 12.8 Å². The van der Waals surface area contributed by atoms with Crippen LogP contribution in [0.25, 0.3) is 0 Å². The first-order valence-electron chi connectivity index (χ1n) is 9.40. The third-order valence-corrected chi connectivity index (χ3v) is 4.26. The summed E-state index contributed by atoms with van der Waals surface area (Å²) in [5.41, 5.74) is -0.448. The molecular formula is C18H34N4O2. The summed E-state index contributed by atoms with van der Waals surface area (Å²) >= 11 is 0. The molecule has 1 saturated carbocycles. The summed E-state index contributed by atoms with van der Waals surface area (Å²) < 4.78 is 5.49. The number of amides is 1. The number of hydrogen-bond acceptors (Lipinski definition) is 3. The second-order valence-electron chi connectivity index (χ2n) is 7.90. The summed E-state index contributed by atoms with van der Waals surface area (Å²) in [5.74, 6) is 1.77. The fourth-order valence-electron chi connectivity index (χ4n) is 2.87. The molecule has 0 spiro atoms. The molecule has 1 saturated heterocycles. The van der Waals surface area contributed by atoms with E-state index in [1.807, 2.05) is 20.8 Å². The Labute approximate surface area is 146 Å². The maximum Gasteiger partial charge on any atom is 0.410 e. The number of rotatable bonds is 5. The van der Waals surface area contributed by atoms with Crippen molar-refractivity contribution < 1.29 is 9.53 Å². The fourth-order valence-corrected chi connectivity index (χ4v) is 2.87. The van der Waals surface area contributed by atoms with Gasteiger partial charge in [-0.2, -0.15) is 0 Å². The molecule has 0 aromatic rings. The van der Waals surface area contributed by atoms with Gasteiger partial charge in [0.25, 0.3) is 0 Å². The number of nitrogens with zero attached hydrogens (tertiary/aromatic N) is 2. The lowest BCUT2D eigenvalue weighted by atomic mass is 10.1. The zero-order chi connectivity index (χ0) is 17.6. The summed E-state index contributed by atoms with van der Waals surface area (Å²) in [4.78, 5) is 18.7. The topological polar surface area (TPSA) is 66.0 Å². The quantitative estimate of drug-likeness (QED) is 0.597. The molecule has 0 radical (unpaired) electrons. The minimum atomic E-state index is -0.448. The lowest BCUT2D eigenvalue weighted by molar-refractivity contribution is 0.0193. The molecular weight excluding hydrogens is 304 g/mol. The van der Waals surface area contributed by atoms with Crippen LogP contribution in [0.2, 0.25) is 0 Å². The van der Waals surface area contributed by atoms with Crippen molar-refractivity contribution in [1.29, 1.82) is 0 Å². The predicted octanol–water partition coefficient (Wildman–Crippen LogP) is 2.74. The summed E-state index contributed by atoms with van der Waals surface area (Å²) in [7, 11) is 0. The molecule has 6 heteroatoms. The Bertz CT molecular complexity index is 441. The molecule has 2 rings (SSSR count). The number of aliphatic imine (C=N–C) groups is 1. The number of hydrogen-bond donors (Lipinski definition) is 2. The van der Waals surface area contributed by atoms with Crippen molar-refractivity contribution in [2.75, 3.05) is 26.2 Å². The number of carbonyl (C=O) groups excluding carboxylic acids is 1. The van der Waals surface area contributed by atoms with Crippen LogP contribution in [0, 0.1) is 5.92 Å². The summed E-state index contributed by atoms with van der Waals surface area (Å²) in [6, 6.07) is 0.227. The smallest absolute Gasteiger partial charge is 0.410 e. The van der Waals surface area contributed by atoms with Crippen LogP contribution in [-0.4, -0.2) is 54.8 Å². The highest BCUT2D eigenvalue weighted by atomic mass is 16.6. The maximum atomic E-state index is 12.3. The Morgan fingerprint density at radius 2 is 2.04 bits per heavy atom. The number of piperidine rings is 1. The van der Waals surface area contributed by atoms with E-state index in [1.54, 1.807) is 4.90 Å². The third kappa shape index (κ3) is 6.97. The van der Waals surface area contributed by atoms with E-state index in [9.17, 15) is 4.79 Å². The molecule has 2 fully saturated rings. The maximum absolute atomic E-state index is 12.3. The van der Waals surface area contributed by atoms with Gasteiger partial charge in [0.1, 0.15) is 5.60 Å². The van der Waals surface area contributed by atoms with Crippen molar-refractivity contribution in [3.63, 3.8) is 0 Å². The number of likely N-dealkylation sites (tertiary alicyclic amines) is 1. The molecule has 24 heavy (non-hydrogen) atoms. The minimum absolute atomic E-state index is 0.218. The van der Waals surface area contributed by atoms with Crippen LogP contribution in [-0.2, 0) is 4.74 Å². The van der Waals surface area contributed by atoms with E-state index in [-0.39, 0.29) is 12.1 Å². The Kier molecular flexibility index (Phi) is 6.75. The highest BCUT2D eigenvalue weighted by molar-refractivity contribution is 5.80. The number of ether oxygens (including phenoxy) is 1. The third-order valence-electron chi connectivity index (χ3n) is 4.26. The molecule has 2 aliphatic rings. The summed E-state index contributed by atoms with van der Waals surface area (Å²) in [6.45, 7) is 10.9. The molecule has 1 amide bonds. The number of carbonyl (C=O) groups is 1. The van der Waals surface area contributed by atoms with Crippen molar-refractivity contribution in [1.82, 2.24) is 15.5 Å². The fraction of sp³-hybridized carbons (Fsp3) is 0.889. The molecule has 2 N–H and O–H groups in total. The van der Waals surface area contributed by atoms with E-state index in [4.69, 9.17) is 4.74 Å². The number of nitrogens with one attached hydrogen (secondary N) is 2. The van der Waals surface area contributed by atoms with Gasteiger partial charge >= 0.3 is 6.09 Å². The normalized spacial score (nSPS) is 22.2. The average Bonchev–Trinajstić information content (AvgIpc) is 3.30. The standard InChI is InChI=1S/C18H34N4O2/c1-5-19-16(20-11-10-14-8-9-14)21-15-7-6-12-22(13-15)17(23)24-18(2,3)4/h14-15H,5-13H2,1-4H3,(H2,19,20,21). The van der Waals surface area contributed by atoms with Crippen LogP contribution < -0.4 is 10.6 Å². The monoisotopic (exact) mass is 338 g/mol. The molecule has 1 aliphatic heterocycles. The first-order valence-corrected chi connectivity index (χ1v) is 9.40. The van der Waals surface area contributed by atoms with E-state index < -0.39 is 5.60 Å². The zero-order valence-corrected chi connectivity index (χ0v) is 15.7. The van der Waals surface area contributed by atoms with E-state index >= 15 is 0 Å². The molecule has 1 unspecified atom stereocenters.